The molecule has 4 rings (SSSR count). The molecule has 0 radical (unpaired) electrons. The van der Waals surface area contributed by atoms with Crippen LogP contribution >= 0.6 is 22.7 Å². The molecular weight excluding hydrogens is 334 g/mol. The molecule has 1 aromatic carbocycles. The van der Waals surface area contributed by atoms with E-state index < -0.39 is 0 Å². The fraction of sp³-hybridized carbons (Fsp3) is 0.300. The van der Waals surface area contributed by atoms with Gasteiger partial charge in [-0.25, -0.2) is 0 Å². The van der Waals surface area contributed by atoms with Crippen molar-refractivity contribution in [3.8, 4) is 11.1 Å². The average Bonchev–Trinajstić information content (AvgIpc) is 3.25. The van der Waals surface area contributed by atoms with Gasteiger partial charge in [-0.15, -0.1) is 22.7 Å². The number of morpholine rings is 1. The third-order valence-electron chi connectivity index (χ3n) is 4.41. The molecule has 1 unspecified atom stereocenters. The van der Waals surface area contributed by atoms with E-state index in [0.717, 1.165) is 26.1 Å². The van der Waals surface area contributed by atoms with Gasteiger partial charge in [-0.3, -0.25) is 0 Å². The Morgan fingerprint density at radius 2 is 1.96 bits per heavy atom. The van der Waals surface area contributed by atoms with Gasteiger partial charge in [-0.05, 0) is 35.6 Å². The zero-order valence-corrected chi connectivity index (χ0v) is 15.4. The molecule has 3 aromatic rings. The monoisotopic (exact) mass is 355 g/mol. The van der Waals surface area contributed by atoms with Crippen molar-refractivity contribution >= 4 is 28.4 Å². The van der Waals surface area contributed by atoms with E-state index in [-0.39, 0.29) is 6.10 Å². The molecule has 0 bridgehead atoms. The number of benzene rings is 1. The maximum Gasteiger partial charge on any atom is 0.0798 e. The van der Waals surface area contributed by atoms with Crippen LogP contribution in [-0.2, 0) is 11.2 Å². The third kappa shape index (κ3) is 3.56. The van der Waals surface area contributed by atoms with E-state index in [1.165, 1.54) is 26.6 Å². The summed E-state index contributed by atoms with van der Waals surface area (Å²) in [5.74, 6) is 0. The number of aryl methyl sites for hydroxylation is 1. The summed E-state index contributed by atoms with van der Waals surface area (Å²) in [6, 6.07) is 15.2. The van der Waals surface area contributed by atoms with Crippen molar-refractivity contribution in [3.63, 3.8) is 0 Å². The number of rotatable bonds is 4. The summed E-state index contributed by atoms with van der Waals surface area (Å²) >= 11 is 3.67. The van der Waals surface area contributed by atoms with Crippen molar-refractivity contribution in [2.75, 3.05) is 24.6 Å². The molecule has 3 heterocycles. The first-order valence-corrected chi connectivity index (χ1v) is 10.1. The van der Waals surface area contributed by atoms with Crippen molar-refractivity contribution in [2.24, 2.45) is 0 Å². The van der Waals surface area contributed by atoms with Crippen LogP contribution in [0.2, 0.25) is 0 Å². The van der Waals surface area contributed by atoms with Gasteiger partial charge in [0.05, 0.1) is 12.7 Å². The van der Waals surface area contributed by atoms with Crippen molar-refractivity contribution in [1.82, 2.24) is 0 Å². The Morgan fingerprint density at radius 3 is 2.75 bits per heavy atom. The predicted octanol–water partition coefficient (Wildman–Crippen LogP) is 5.23. The van der Waals surface area contributed by atoms with Crippen LogP contribution in [0.25, 0.3) is 11.1 Å². The summed E-state index contributed by atoms with van der Waals surface area (Å²) in [4.78, 5) is 5.24. The van der Waals surface area contributed by atoms with Crippen molar-refractivity contribution in [1.29, 1.82) is 0 Å². The second kappa shape index (κ2) is 7.09. The molecule has 0 spiro atoms. The summed E-state index contributed by atoms with van der Waals surface area (Å²) in [7, 11) is 0. The second-order valence-corrected chi connectivity index (χ2v) is 8.34. The molecule has 2 nitrogen and oxygen atoms in total. The van der Waals surface area contributed by atoms with Crippen molar-refractivity contribution in [3.05, 3.63) is 63.0 Å². The largest absolute Gasteiger partial charge is 0.374 e. The Balaban J connectivity index is 1.43. The summed E-state index contributed by atoms with van der Waals surface area (Å²) in [6.45, 7) is 4.96. The minimum absolute atomic E-state index is 0.279. The number of hydrogen-bond donors (Lipinski definition) is 0. The van der Waals surface area contributed by atoms with Crippen LogP contribution in [0.5, 0.6) is 0 Å². The van der Waals surface area contributed by atoms with Crippen LogP contribution in [-0.4, -0.2) is 25.8 Å². The van der Waals surface area contributed by atoms with E-state index in [1.54, 1.807) is 0 Å². The summed E-state index contributed by atoms with van der Waals surface area (Å²) < 4.78 is 6.02. The Hall–Kier alpha value is -1.62. The van der Waals surface area contributed by atoms with Crippen LogP contribution in [0.3, 0.4) is 0 Å². The molecule has 1 saturated heterocycles. The fourth-order valence-corrected chi connectivity index (χ4v) is 4.84. The highest BCUT2D eigenvalue weighted by molar-refractivity contribution is 7.10. The maximum atomic E-state index is 6.02. The van der Waals surface area contributed by atoms with E-state index in [0.29, 0.717) is 0 Å². The van der Waals surface area contributed by atoms with Crippen LogP contribution in [0.4, 0.5) is 5.69 Å². The van der Waals surface area contributed by atoms with E-state index in [2.05, 4.69) is 65.0 Å². The number of nitrogens with zero attached hydrogens (tertiary/aromatic N) is 1. The topological polar surface area (TPSA) is 12.5 Å². The molecule has 4 heteroatoms. The van der Waals surface area contributed by atoms with Gasteiger partial charge in [-0.1, -0.05) is 30.3 Å². The van der Waals surface area contributed by atoms with Crippen molar-refractivity contribution < 1.29 is 4.74 Å². The molecule has 1 atom stereocenters. The van der Waals surface area contributed by atoms with Gasteiger partial charge in [-0.2, -0.15) is 0 Å². The zero-order valence-electron chi connectivity index (χ0n) is 13.8. The lowest BCUT2D eigenvalue weighted by Crippen LogP contribution is -2.43. The minimum Gasteiger partial charge on any atom is -0.374 e. The first kappa shape index (κ1) is 15.9. The molecule has 24 heavy (non-hydrogen) atoms. The molecule has 1 fully saturated rings. The molecular formula is C20H21NOS2. The second-order valence-electron chi connectivity index (χ2n) is 6.23. The SMILES string of the molecule is Cc1cc(N2CCOC(Cc3cc(-c4ccccc4)cs3)C2)cs1. The van der Waals surface area contributed by atoms with Crippen LogP contribution in [0, 0.1) is 6.92 Å². The summed E-state index contributed by atoms with van der Waals surface area (Å²) in [5.41, 5.74) is 3.96. The van der Waals surface area contributed by atoms with E-state index >= 15 is 0 Å². The first-order valence-electron chi connectivity index (χ1n) is 8.32. The molecule has 0 N–H and O–H groups in total. The molecule has 2 aromatic heterocycles. The quantitative estimate of drug-likeness (QED) is 0.635. The number of hydrogen-bond acceptors (Lipinski definition) is 4. The highest BCUT2D eigenvalue weighted by Gasteiger charge is 2.22. The van der Waals surface area contributed by atoms with Gasteiger partial charge in [0.1, 0.15) is 0 Å². The third-order valence-corrected chi connectivity index (χ3v) is 6.22. The van der Waals surface area contributed by atoms with E-state index in [1.807, 2.05) is 22.7 Å². The first-order chi connectivity index (χ1) is 11.8. The summed E-state index contributed by atoms with van der Waals surface area (Å²) in [6.07, 6.45) is 1.28. The van der Waals surface area contributed by atoms with Gasteiger partial charge in [0.25, 0.3) is 0 Å². The van der Waals surface area contributed by atoms with Crippen LogP contribution in [0.1, 0.15) is 9.75 Å². The molecule has 0 saturated carbocycles. The average molecular weight is 356 g/mol. The standard InChI is InChI=1S/C20H21NOS2/c1-15-9-18(14-23-15)21-7-8-22-19(12-21)11-20-10-17(13-24-20)16-5-3-2-4-6-16/h2-6,9-10,13-14,19H,7-8,11-12H2,1H3. The van der Waals surface area contributed by atoms with E-state index in [9.17, 15) is 0 Å². The number of ether oxygens (including phenoxy) is 1. The Bertz CT molecular complexity index is 793. The lowest BCUT2D eigenvalue weighted by molar-refractivity contribution is 0.0416. The normalized spacial score (nSPS) is 18.0. The Kier molecular flexibility index (Phi) is 4.69. The maximum absolute atomic E-state index is 6.02. The van der Waals surface area contributed by atoms with Crippen LogP contribution in [0.15, 0.2) is 53.2 Å². The number of thiophene rings is 2. The van der Waals surface area contributed by atoms with Gasteiger partial charge in [0, 0.05) is 40.3 Å². The van der Waals surface area contributed by atoms with Gasteiger partial charge in [0.2, 0.25) is 0 Å². The van der Waals surface area contributed by atoms with Gasteiger partial charge < -0.3 is 9.64 Å². The highest BCUT2D eigenvalue weighted by atomic mass is 32.1. The Labute approximate surface area is 151 Å². The molecule has 0 amide bonds. The van der Waals surface area contributed by atoms with E-state index in [4.69, 9.17) is 4.74 Å². The Morgan fingerprint density at radius 1 is 1.08 bits per heavy atom. The predicted molar refractivity (Wildman–Crippen MR) is 104 cm³/mol. The highest BCUT2D eigenvalue weighted by Crippen LogP contribution is 2.28. The summed E-state index contributed by atoms with van der Waals surface area (Å²) in [5, 5.41) is 4.52. The molecule has 1 aliphatic heterocycles. The van der Waals surface area contributed by atoms with Gasteiger partial charge in [0.15, 0.2) is 0 Å². The fourth-order valence-electron chi connectivity index (χ4n) is 3.17. The van der Waals surface area contributed by atoms with Crippen LogP contribution < -0.4 is 4.90 Å². The lowest BCUT2D eigenvalue weighted by atomic mass is 10.1. The lowest BCUT2D eigenvalue weighted by Gasteiger charge is -2.33. The minimum atomic E-state index is 0.279. The molecule has 0 aliphatic carbocycles. The van der Waals surface area contributed by atoms with Gasteiger partial charge >= 0.3 is 0 Å². The zero-order chi connectivity index (χ0) is 16.4. The number of anilines is 1. The smallest absolute Gasteiger partial charge is 0.0798 e. The molecule has 124 valence electrons. The van der Waals surface area contributed by atoms with Crippen molar-refractivity contribution in [2.45, 2.75) is 19.4 Å². The molecule has 1 aliphatic rings.